The molecule has 0 spiro atoms. The minimum absolute atomic E-state index is 0.0160. The molecule has 0 radical (unpaired) electrons. The molecule has 0 saturated heterocycles. The van der Waals surface area contributed by atoms with E-state index >= 15 is 0 Å². The van der Waals surface area contributed by atoms with E-state index in [1.165, 1.54) is 0 Å². The molecule has 22 heavy (non-hydrogen) atoms. The Morgan fingerprint density at radius 1 is 1.09 bits per heavy atom. The topological polar surface area (TPSA) is 29.5 Å². The van der Waals surface area contributed by atoms with E-state index in [1.54, 1.807) is 18.0 Å². The number of ether oxygens (including phenoxy) is 1. The Hall–Kier alpha value is -2.55. The van der Waals surface area contributed by atoms with Crippen LogP contribution >= 0.6 is 0 Å². The summed E-state index contributed by atoms with van der Waals surface area (Å²) < 4.78 is 5.39. The molecule has 0 unspecified atom stereocenters. The lowest BCUT2D eigenvalue weighted by molar-refractivity contribution is -0.125. The van der Waals surface area contributed by atoms with Crippen LogP contribution in [0.4, 0.5) is 0 Å². The van der Waals surface area contributed by atoms with Gasteiger partial charge in [0.25, 0.3) is 0 Å². The molecule has 1 amide bonds. The van der Waals surface area contributed by atoms with Crippen LogP contribution in [0.5, 0.6) is 5.75 Å². The van der Waals surface area contributed by atoms with E-state index < -0.39 is 0 Å². The largest absolute Gasteiger partial charge is 0.494 e. The highest BCUT2D eigenvalue weighted by molar-refractivity contribution is 5.91. The van der Waals surface area contributed by atoms with Gasteiger partial charge in [-0.25, -0.2) is 0 Å². The first kappa shape index (κ1) is 15.8. The van der Waals surface area contributed by atoms with E-state index in [0.717, 1.165) is 16.9 Å². The van der Waals surface area contributed by atoms with Crippen LogP contribution < -0.4 is 4.74 Å². The molecular weight excluding hydrogens is 274 g/mol. The number of nitrogens with zero attached hydrogens (tertiary/aromatic N) is 1. The van der Waals surface area contributed by atoms with Gasteiger partial charge < -0.3 is 9.64 Å². The molecular formula is C19H21NO2. The molecule has 0 aromatic heterocycles. The standard InChI is InChI=1S/C19H21NO2/c1-3-22-18-12-9-16(10-13-18)11-14-19(21)20(2)15-17-7-5-4-6-8-17/h4-14H,3,15H2,1-2H3. The fourth-order valence-electron chi connectivity index (χ4n) is 2.07. The maximum absolute atomic E-state index is 12.1. The Morgan fingerprint density at radius 2 is 1.77 bits per heavy atom. The first-order valence-corrected chi connectivity index (χ1v) is 7.39. The van der Waals surface area contributed by atoms with Crippen LogP contribution in [0, 0.1) is 0 Å². The third-order valence-electron chi connectivity index (χ3n) is 3.25. The van der Waals surface area contributed by atoms with E-state index in [9.17, 15) is 4.79 Å². The van der Waals surface area contributed by atoms with Gasteiger partial charge in [0.2, 0.25) is 5.91 Å². The van der Waals surface area contributed by atoms with Gasteiger partial charge in [-0.3, -0.25) is 4.79 Å². The molecule has 0 atom stereocenters. The fourth-order valence-corrected chi connectivity index (χ4v) is 2.07. The second-order valence-corrected chi connectivity index (χ2v) is 5.02. The first-order chi connectivity index (χ1) is 10.7. The summed E-state index contributed by atoms with van der Waals surface area (Å²) in [4.78, 5) is 13.8. The molecule has 0 bridgehead atoms. The molecule has 0 aliphatic heterocycles. The molecule has 3 heteroatoms. The monoisotopic (exact) mass is 295 g/mol. The molecule has 0 heterocycles. The average Bonchev–Trinajstić information content (AvgIpc) is 2.55. The first-order valence-electron chi connectivity index (χ1n) is 7.39. The van der Waals surface area contributed by atoms with Crippen molar-refractivity contribution in [2.75, 3.05) is 13.7 Å². The second kappa shape index (κ2) is 8.03. The number of hydrogen-bond donors (Lipinski definition) is 0. The van der Waals surface area contributed by atoms with Crippen molar-refractivity contribution in [2.24, 2.45) is 0 Å². The Morgan fingerprint density at radius 3 is 2.41 bits per heavy atom. The third-order valence-corrected chi connectivity index (χ3v) is 3.25. The van der Waals surface area contributed by atoms with Crippen LogP contribution in [0.3, 0.4) is 0 Å². The predicted octanol–water partition coefficient (Wildman–Crippen LogP) is 3.76. The molecule has 2 aromatic carbocycles. The van der Waals surface area contributed by atoms with Crippen LogP contribution in [0.15, 0.2) is 60.7 Å². The minimum atomic E-state index is -0.0160. The molecule has 0 aliphatic carbocycles. The summed E-state index contributed by atoms with van der Waals surface area (Å²) in [6.07, 6.45) is 3.41. The van der Waals surface area contributed by atoms with Gasteiger partial charge >= 0.3 is 0 Å². The third kappa shape index (κ3) is 4.77. The van der Waals surface area contributed by atoms with Crippen molar-refractivity contribution in [3.05, 3.63) is 71.8 Å². The number of hydrogen-bond acceptors (Lipinski definition) is 2. The van der Waals surface area contributed by atoms with Crippen molar-refractivity contribution in [3.63, 3.8) is 0 Å². The van der Waals surface area contributed by atoms with Crippen LogP contribution in [-0.4, -0.2) is 24.5 Å². The minimum Gasteiger partial charge on any atom is -0.494 e. The van der Waals surface area contributed by atoms with Gasteiger partial charge in [-0.2, -0.15) is 0 Å². The van der Waals surface area contributed by atoms with Crippen molar-refractivity contribution < 1.29 is 9.53 Å². The Balaban J connectivity index is 1.92. The number of carbonyl (C=O) groups excluding carboxylic acids is 1. The highest BCUT2D eigenvalue weighted by atomic mass is 16.5. The lowest BCUT2D eigenvalue weighted by Crippen LogP contribution is -2.23. The van der Waals surface area contributed by atoms with Crippen molar-refractivity contribution in [2.45, 2.75) is 13.5 Å². The van der Waals surface area contributed by atoms with Gasteiger partial charge in [-0.15, -0.1) is 0 Å². The molecule has 114 valence electrons. The summed E-state index contributed by atoms with van der Waals surface area (Å²) in [6, 6.07) is 17.6. The van der Waals surface area contributed by atoms with E-state index in [2.05, 4.69) is 0 Å². The van der Waals surface area contributed by atoms with Gasteiger partial charge in [0, 0.05) is 19.7 Å². The normalized spacial score (nSPS) is 10.6. The highest BCUT2D eigenvalue weighted by Gasteiger charge is 2.05. The van der Waals surface area contributed by atoms with Crippen LogP contribution in [-0.2, 0) is 11.3 Å². The second-order valence-electron chi connectivity index (χ2n) is 5.02. The summed E-state index contributed by atoms with van der Waals surface area (Å²) in [5.74, 6) is 0.824. The summed E-state index contributed by atoms with van der Waals surface area (Å²) in [7, 11) is 1.80. The highest BCUT2D eigenvalue weighted by Crippen LogP contribution is 2.13. The molecule has 2 rings (SSSR count). The maximum Gasteiger partial charge on any atom is 0.246 e. The predicted molar refractivity (Wildman–Crippen MR) is 89.6 cm³/mol. The zero-order valence-electron chi connectivity index (χ0n) is 13.0. The van der Waals surface area contributed by atoms with Crippen molar-refractivity contribution in [3.8, 4) is 5.75 Å². The molecule has 0 N–H and O–H groups in total. The van der Waals surface area contributed by atoms with Gasteiger partial charge in [-0.05, 0) is 36.3 Å². The number of benzene rings is 2. The Labute approximate surface area is 131 Å². The van der Waals surface area contributed by atoms with Crippen molar-refractivity contribution in [1.29, 1.82) is 0 Å². The maximum atomic E-state index is 12.1. The number of rotatable bonds is 6. The van der Waals surface area contributed by atoms with E-state index in [4.69, 9.17) is 4.74 Å². The van der Waals surface area contributed by atoms with Gasteiger partial charge in [0.05, 0.1) is 6.61 Å². The summed E-state index contributed by atoms with van der Waals surface area (Å²) in [5, 5.41) is 0. The Kier molecular flexibility index (Phi) is 5.78. The smallest absolute Gasteiger partial charge is 0.246 e. The van der Waals surface area contributed by atoms with E-state index in [1.807, 2.05) is 67.6 Å². The number of likely N-dealkylation sites (N-methyl/N-ethyl adjacent to an activating group) is 1. The number of carbonyl (C=O) groups is 1. The van der Waals surface area contributed by atoms with Crippen LogP contribution in [0.1, 0.15) is 18.1 Å². The molecule has 0 aliphatic rings. The summed E-state index contributed by atoms with van der Waals surface area (Å²) in [6.45, 7) is 3.21. The summed E-state index contributed by atoms with van der Waals surface area (Å²) in [5.41, 5.74) is 2.10. The van der Waals surface area contributed by atoms with Crippen LogP contribution in [0.2, 0.25) is 0 Å². The lowest BCUT2D eigenvalue weighted by Gasteiger charge is -2.15. The van der Waals surface area contributed by atoms with Gasteiger partial charge in [0.15, 0.2) is 0 Å². The quantitative estimate of drug-likeness (QED) is 0.759. The number of amides is 1. The lowest BCUT2D eigenvalue weighted by atomic mass is 10.2. The van der Waals surface area contributed by atoms with E-state index in [-0.39, 0.29) is 5.91 Å². The van der Waals surface area contributed by atoms with Crippen molar-refractivity contribution in [1.82, 2.24) is 4.90 Å². The van der Waals surface area contributed by atoms with Crippen molar-refractivity contribution >= 4 is 12.0 Å². The fraction of sp³-hybridized carbons (Fsp3) is 0.211. The van der Waals surface area contributed by atoms with Gasteiger partial charge in [0.1, 0.15) is 5.75 Å². The van der Waals surface area contributed by atoms with E-state index in [0.29, 0.717) is 13.2 Å². The molecule has 2 aromatic rings. The SMILES string of the molecule is CCOc1ccc(C=CC(=O)N(C)Cc2ccccc2)cc1. The molecule has 0 fully saturated rings. The zero-order valence-corrected chi connectivity index (χ0v) is 13.0. The zero-order chi connectivity index (χ0) is 15.8. The van der Waals surface area contributed by atoms with Gasteiger partial charge in [-0.1, -0.05) is 42.5 Å². The molecule has 0 saturated carbocycles. The summed E-state index contributed by atoms with van der Waals surface area (Å²) >= 11 is 0. The van der Waals surface area contributed by atoms with Crippen LogP contribution in [0.25, 0.3) is 6.08 Å². The molecule has 3 nitrogen and oxygen atoms in total. The Bertz CT molecular complexity index is 618. The average molecular weight is 295 g/mol.